The highest BCUT2D eigenvalue weighted by Gasteiger charge is 2.26. The largest absolute Gasteiger partial charge is 0.367 e. The third kappa shape index (κ3) is 0.603. The van der Waals surface area contributed by atoms with Crippen LogP contribution in [0.5, 0.6) is 0 Å². The van der Waals surface area contributed by atoms with Gasteiger partial charge in [0.1, 0.15) is 5.69 Å². The first kappa shape index (κ1) is 5.41. The average molecular weight is 134 g/mol. The number of hydrogen-bond acceptors (Lipinski definition) is 2. The van der Waals surface area contributed by atoms with Gasteiger partial charge in [-0.2, -0.15) is 0 Å². The summed E-state index contributed by atoms with van der Waals surface area (Å²) >= 11 is 0. The molecule has 1 N–H and O–H groups in total. The minimum absolute atomic E-state index is 0.683. The molecule has 1 aliphatic rings. The van der Waals surface area contributed by atoms with Crippen molar-refractivity contribution in [3.63, 3.8) is 0 Å². The van der Waals surface area contributed by atoms with Crippen LogP contribution in [-0.2, 0) is 0 Å². The number of fused-ring (bicyclic) bond motifs is 1. The van der Waals surface area contributed by atoms with Gasteiger partial charge >= 0.3 is 6.67 Å². The molecule has 1 radical (unpaired) electrons. The predicted molar refractivity (Wildman–Crippen MR) is 37.7 cm³/mol. The van der Waals surface area contributed by atoms with Crippen molar-refractivity contribution < 1.29 is 4.76 Å². The molecule has 10 heavy (non-hydrogen) atoms. The van der Waals surface area contributed by atoms with Crippen LogP contribution in [0.1, 0.15) is 0 Å². The fraction of sp³-hybridized carbons (Fsp3) is 0. The van der Waals surface area contributed by atoms with Gasteiger partial charge in [-0.1, -0.05) is 12.1 Å². The molecule has 49 valence electrons. The highest BCUT2D eigenvalue weighted by atomic mass is 16.3. The molecular weight excluding hydrogens is 128 g/mol. The summed E-state index contributed by atoms with van der Waals surface area (Å²) in [7, 11) is 0. The lowest BCUT2D eigenvalue weighted by atomic mass is 10.3. The molecule has 0 bridgehead atoms. The molecule has 1 aromatic carbocycles. The number of para-hydroxylation sites is 2. The van der Waals surface area contributed by atoms with E-state index in [1.165, 1.54) is 6.67 Å². The van der Waals surface area contributed by atoms with Crippen molar-refractivity contribution in [3.8, 4) is 0 Å². The lowest BCUT2D eigenvalue weighted by molar-refractivity contribution is -0.406. The van der Waals surface area contributed by atoms with Crippen LogP contribution in [0.2, 0.25) is 0 Å². The van der Waals surface area contributed by atoms with Crippen LogP contribution in [0.15, 0.2) is 24.3 Å². The Kier molecular flexibility index (Phi) is 0.974. The Morgan fingerprint density at radius 2 is 2.10 bits per heavy atom. The molecule has 0 saturated carbocycles. The Balaban J connectivity index is 2.61. The molecule has 1 aliphatic heterocycles. The van der Waals surface area contributed by atoms with Crippen molar-refractivity contribution in [2.45, 2.75) is 0 Å². The number of rotatable bonds is 0. The molecule has 3 nitrogen and oxygen atoms in total. The molecule has 0 unspecified atom stereocenters. The summed E-state index contributed by atoms with van der Waals surface area (Å²) in [5.41, 5.74) is 1.56. The van der Waals surface area contributed by atoms with Gasteiger partial charge in [0.2, 0.25) is 0 Å². The SMILES string of the molecule is O=[N+]1[CH]Nc2ccccc21. The van der Waals surface area contributed by atoms with Crippen LogP contribution in [0.3, 0.4) is 0 Å². The first-order valence-corrected chi connectivity index (χ1v) is 3.03. The van der Waals surface area contributed by atoms with E-state index in [1.54, 1.807) is 6.07 Å². The molecule has 0 spiro atoms. The Hall–Kier alpha value is -1.38. The van der Waals surface area contributed by atoms with Gasteiger partial charge in [-0.25, -0.2) is 0 Å². The van der Waals surface area contributed by atoms with E-state index in [2.05, 4.69) is 5.32 Å². The van der Waals surface area contributed by atoms with Crippen LogP contribution in [-0.4, -0.2) is 4.76 Å². The number of nitroso groups, excluding NO2 is 1. The number of hydrogen-bond donors (Lipinski definition) is 1. The Morgan fingerprint density at radius 1 is 1.30 bits per heavy atom. The van der Waals surface area contributed by atoms with Crippen molar-refractivity contribution in [1.82, 2.24) is 0 Å². The topological polar surface area (TPSA) is 32.1 Å². The second-order valence-corrected chi connectivity index (χ2v) is 2.12. The maximum atomic E-state index is 10.9. The lowest BCUT2D eigenvalue weighted by Gasteiger charge is -1.85. The van der Waals surface area contributed by atoms with Gasteiger partial charge in [0.05, 0.1) is 4.76 Å². The lowest BCUT2D eigenvalue weighted by Crippen LogP contribution is -1.91. The van der Waals surface area contributed by atoms with E-state index in [-0.39, 0.29) is 0 Å². The van der Waals surface area contributed by atoms with Crippen molar-refractivity contribution in [2.24, 2.45) is 0 Å². The molecular formula is C7H6N2O+. The third-order valence-electron chi connectivity index (χ3n) is 1.48. The first-order chi connectivity index (χ1) is 4.88. The van der Waals surface area contributed by atoms with Crippen molar-refractivity contribution in [3.05, 3.63) is 35.8 Å². The Bertz CT molecular complexity index is 283. The van der Waals surface area contributed by atoms with E-state index >= 15 is 0 Å². The minimum Gasteiger partial charge on any atom is -0.311 e. The van der Waals surface area contributed by atoms with Gasteiger partial charge in [-0.15, -0.1) is 0 Å². The molecule has 2 rings (SSSR count). The number of benzene rings is 1. The molecule has 0 aromatic heterocycles. The number of nitrogens with one attached hydrogen (secondary N) is 1. The fourth-order valence-corrected chi connectivity index (χ4v) is 0.986. The highest BCUT2D eigenvalue weighted by Crippen LogP contribution is 2.29. The van der Waals surface area contributed by atoms with Crippen molar-refractivity contribution in [2.75, 3.05) is 5.32 Å². The van der Waals surface area contributed by atoms with Crippen LogP contribution in [0.25, 0.3) is 0 Å². The molecule has 0 aliphatic carbocycles. The van der Waals surface area contributed by atoms with E-state index in [4.69, 9.17) is 0 Å². The summed E-state index contributed by atoms with van der Waals surface area (Å²) in [6.07, 6.45) is 0. The third-order valence-corrected chi connectivity index (χ3v) is 1.48. The highest BCUT2D eigenvalue weighted by molar-refractivity contribution is 5.64. The van der Waals surface area contributed by atoms with Gasteiger partial charge in [-0.05, 0) is 6.07 Å². The van der Waals surface area contributed by atoms with E-state index in [9.17, 15) is 4.91 Å². The van der Waals surface area contributed by atoms with Crippen LogP contribution in [0, 0.1) is 11.6 Å². The van der Waals surface area contributed by atoms with Gasteiger partial charge < -0.3 is 5.32 Å². The van der Waals surface area contributed by atoms with Gasteiger partial charge in [0.15, 0.2) is 0 Å². The maximum Gasteiger partial charge on any atom is 0.367 e. The van der Waals surface area contributed by atoms with E-state index < -0.39 is 0 Å². The molecule has 1 aromatic rings. The van der Waals surface area contributed by atoms with E-state index in [0.29, 0.717) is 5.69 Å². The van der Waals surface area contributed by atoms with E-state index in [0.717, 1.165) is 10.4 Å². The van der Waals surface area contributed by atoms with Crippen LogP contribution >= 0.6 is 0 Å². The zero-order chi connectivity index (χ0) is 6.97. The van der Waals surface area contributed by atoms with Crippen molar-refractivity contribution in [1.29, 1.82) is 0 Å². The smallest absolute Gasteiger partial charge is 0.311 e. The molecule has 1 heterocycles. The van der Waals surface area contributed by atoms with Crippen molar-refractivity contribution >= 4 is 11.4 Å². The van der Waals surface area contributed by atoms with Gasteiger partial charge in [0.25, 0.3) is 5.69 Å². The normalized spacial score (nSPS) is 14.6. The standard InChI is InChI=1S/C7H6N2O/c10-9-5-8-6-3-1-2-4-7(6)9/h1-5,8H/q+1. The van der Waals surface area contributed by atoms with Gasteiger partial charge in [-0.3, -0.25) is 0 Å². The summed E-state index contributed by atoms with van der Waals surface area (Å²) < 4.78 is 0.815. The summed E-state index contributed by atoms with van der Waals surface area (Å²) in [6, 6.07) is 7.37. The predicted octanol–water partition coefficient (Wildman–Crippen LogP) is 1.64. The maximum absolute atomic E-state index is 10.9. The average Bonchev–Trinajstić information content (AvgIpc) is 2.34. The summed E-state index contributed by atoms with van der Waals surface area (Å²) in [6.45, 7) is 1.39. The molecule has 3 heteroatoms. The monoisotopic (exact) mass is 134 g/mol. The Labute approximate surface area is 58.2 Å². The quantitative estimate of drug-likeness (QED) is 0.547. The zero-order valence-electron chi connectivity index (χ0n) is 5.24. The zero-order valence-corrected chi connectivity index (χ0v) is 5.24. The fourth-order valence-electron chi connectivity index (χ4n) is 0.986. The minimum atomic E-state index is 0.683. The molecule has 0 fully saturated rings. The summed E-state index contributed by atoms with van der Waals surface area (Å²) in [5.74, 6) is 0. The number of anilines is 1. The molecule has 0 atom stereocenters. The molecule has 0 saturated heterocycles. The van der Waals surface area contributed by atoms with Crippen LogP contribution in [0.4, 0.5) is 11.4 Å². The first-order valence-electron chi connectivity index (χ1n) is 3.03. The Morgan fingerprint density at radius 3 is 2.90 bits per heavy atom. The summed E-state index contributed by atoms with van der Waals surface area (Å²) in [4.78, 5) is 10.9. The number of nitrogens with zero attached hydrogens (tertiary/aromatic N) is 1. The van der Waals surface area contributed by atoms with Gasteiger partial charge in [0, 0.05) is 11.0 Å². The second-order valence-electron chi connectivity index (χ2n) is 2.12. The molecule has 0 amide bonds. The van der Waals surface area contributed by atoms with E-state index in [1.807, 2.05) is 18.2 Å². The second kappa shape index (κ2) is 1.80. The summed E-state index contributed by atoms with van der Waals surface area (Å²) in [5, 5.41) is 2.84. The van der Waals surface area contributed by atoms with Crippen LogP contribution < -0.4 is 5.32 Å².